The number of benzene rings is 1. The second-order valence-corrected chi connectivity index (χ2v) is 9.18. The smallest absolute Gasteiger partial charge is 0.311 e. The molecule has 0 spiro atoms. The number of carbonyl (C=O) groups is 1. The molecule has 0 N–H and O–H groups in total. The van der Waals surface area contributed by atoms with Gasteiger partial charge in [0.1, 0.15) is 11.9 Å². The molecule has 0 aliphatic heterocycles. The Bertz CT molecular complexity index is 1180. The first-order valence-electron chi connectivity index (χ1n) is 11.7. The van der Waals surface area contributed by atoms with Crippen molar-refractivity contribution in [1.82, 2.24) is 14.1 Å². The van der Waals surface area contributed by atoms with Gasteiger partial charge in [0.05, 0.1) is 23.6 Å². The molecular weight excluding hydrogens is 418 g/mol. The Morgan fingerprint density at radius 1 is 1.21 bits per heavy atom. The zero-order valence-corrected chi connectivity index (χ0v) is 20.0. The molecule has 0 bridgehead atoms. The van der Waals surface area contributed by atoms with Crippen molar-refractivity contribution in [3.63, 3.8) is 0 Å². The van der Waals surface area contributed by atoms with E-state index >= 15 is 0 Å². The molecule has 0 amide bonds. The molecule has 0 unspecified atom stereocenters. The third kappa shape index (κ3) is 5.03. The molecule has 1 aliphatic carbocycles. The maximum Gasteiger partial charge on any atom is 0.311 e. The zero-order valence-electron chi connectivity index (χ0n) is 20.0. The first kappa shape index (κ1) is 23.2. The van der Waals surface area contributed by atoms with Crippen molar-refractivity contribution in [2.75, 3.05) is 13.7 Å². The molecule has 1 atom stereocenters. The summed E-state index contributed by atoms with van der Waals surface area (Å²) in [5.41, 5.74) is 4.64. The molecule has 3 aromatic rings. The summed E-state index contributed by atoms with van der Waals surface area (Å²) in [5, 5.41) is 0. The molecular formula is C26H33N3O4. The van der Waals surface area contributed by atoms with Gasteiger partial charge in [0.25, 0.3) is 5.56 Å². The highest BCUT2D eigenvalue weighted by Crippen LogP contribution is 2.26. The van der Waals surface area contributed by atoms with Gasteiger partial charge in [0.2, 0.25) is 0 Å². The summed E-state index contributed by atoms with van der Waals surface area (Å²) in [7, 11) is 5.37. The van der Waals surface area contributed by atoms with Crippen molar-refractivity contribution in [3.05, 3.63) is 51.9 Å². The van der Waals surface area contributed by atoms with Gasteiger partial charge in [0, 0.05) is 38.5 Å². The zero-order chi connectivity index (χ0) is 23.5. The summed E-state index contributed by atoms with van der Waals surface area (Å²) in [5.74, 6) is 0.410. The second kappa shape index (κ2) is 9.91. The van der Waals surface area contributed by atoms with E-state index in [1.807, 2.05) is 30.8 Å². The number of fused-ring (bicyclic) bond motifs is 1. The number of hydrogen-bond donors (Lipinski definition) is 0. The SMILES string of the molecule is COC[C@H](CCc1ccc2c(c1)nc(-c1cc(C)c(=O)n(C)c1)n2C)C(=O)OC1CCCC1. The quantitative estimate of drug-likeness (QED) is 0.485. The lowest BCUT2D eigenvalue weighted by Gasteiger charge is -2.18. The Morgan fingerprint density at radius 3 is 2.67 bits per heavy atom. The molecule has 176 valence electrons. The van der Waals surface area contributed by atoms with E-state index in [0.29, 0.717) is 18.6 Å². The fourth-order valence-electron chi connectivity index (χ4n) is 4.74. The minimum atomic E-state index is -0.265. The number of pyridine rings is 1. The van der Waals surface area contributed by atoms with E-state index in [9.17, 15) is 9.59 Å². The van der Waals surface area contributed by atoms with Crippen LogP contribution < -0.4 is 5.56 Å². The van der Waals surface area contributed by atoms with E-state index in [4.69, 9.17) is 14.5 Å². The highest BCUT2D eigenvalue weighted by Gasteiger charge is 2.25. The average Bonchev–Trinajstić information content (AvgIpc) is 3.42. The molecule has 0 saturated heterocycles. The van der Waals surface area contributed by atoms with E-state index in [1.165, 1.54) is 0 Å². The predicted molar refractivity (Wildman–Crippen MR) is 128 cm³/mol. The van der Waals surface area contributed by atoms with Crippen molar-refractivity contribution in [2.45, 2.75) is 51.6 Å². The molecule has 7 heteroatoms. The first-order chi connectivity index (χ1) is 15.9. The van der Waals surface area contributed by atoms with Crippen molar-refractivity contribution in [3.8, 4) is 11.4 Å². The standard InChI is InChI=1S/C26H33N3O4/c1-17-13-20(15-28(2)25(17)30)24-27-22-14-18(10-12-23(22)29(24)3)9-11-19(16-32-4)26(31)33-21-7-5-6-8-21/h10,12-15,19,21H,5-9,11,16H2,1-4H3/t19-/m0/s1. The summed E-state index contributed by atoms with van der Waals surface area (Å²) < 4.78 is 14.7. The van der Waals surface area contributed by atoms with E-state index in [0.717, 1.165) is 60.1 Å². The van der Waals surface area contributed by atoms with Crippen molar-refractivity contribution >= 4 is 17.0 Å². The fourth-order valence-corrected chi connectivity index (χ4v) is 4.74. The van der Waals surface area contributed by atoms with Crippen LogP contribution in [0.3, 0.4) is 0 Å². The van der Waals surface area contributed by atoms with E-state index in [-0.39, 0.29) is 23.6 Å². The van der Waals surface area contributed by atoms with Gasteiger partial charge < -0.3 is 18.6 Å². The van der Waals surface area contributed by atoms with Crippen molar-refractivity contribution in [1.29, 1.82) is 0 Å². The largest absolute Gasteiger partial charge is 0.462 e. The molecule has 2 heterocycles. The molecule has 1 aliphatic rings. The Hall–Kier alpha value is -2.93. The number of hydrogen-bond acceptors (Lipinski definition) is 5. The van der Waals surface area contributed by atoms with E-state index in [2.05, 4.69) is 18.2 Å². The van der Waals surface area contributed by atoms with Crippen LogP contribution in [0.15, 0.2) is 35.3 Å². The molecule has 1 saturated carbocycles. The summed E-state index contributed by atoms with van der Waals surface area (Å²) in [6.45, 7) is 2.19. The van der Waals surface area contributed by atoms with Crippen LogP contribution in [0.1, 0.15) is 43.2 Å². The molecule has 0 radical (unpaired) electrons. The number of aryl methyl sites for hydroxylation is 4. The number of methoxy groups -OCH3 is 1. The molecule has 33 heavy (non-hydrogen) atoms. The first-order valence-corrected chi connectivity index (χ1v) is 11.7. The molecule has 4 rings (SSSR count). The maximum atomic E-state index is 12.7. The lowest BCUT2D eigenvalue weighted by Crippen LogP contribution is -2.26. The highest BCUT2D eigenvalue weighted by atomic mass is 16.5. The average molecular weight is 452 g/mol. The van der Waals surface area contributed by atoms with Crippen LogP contribution in [0.4, 0.5) is 0 Å². The van der Waals surface area contributed by atoms with Gasteiger partial charge in [-0.1, -0.05) is 6.07 Å². The number of carbonyl (C=O) groups excluding carboxylic acids is 1. The third-order valence-corrected chi connectivity index (χ3v) is 6.63. The summed E-state index contributed by atoms with van der Waals surface area (Å²) in [6.07, 6.45) is 7.53. The third-order valence-electron chi connectivity index (χ3n) is 6.63. The Labute approximate surface area is 194 Å². The summed E-state index contributed by atoms with van der Waals surface area (Å²) in [4.78, 5) is 29.6. The number of rotatable bonds is 8. The minimum absolute atomic E-state index is 0.00290. The lowest BCUT2D eigenvalue weighted by atomic mass is 9.99. The molecule has 1 aromatic carbocycles. The Balaban J connectivity index is 1.51. The topological polar surface area (TPSA) is 75.4 Å². The van der Waals surface area contributed by atoms with Gasteiger partial charge in [0.15, 0.2) is 0 Å². The molecule has 7 nitrogen and oxygen atoms in total. The number of esters is 1. The van der Waals surface area contributed by atoms with Gasteiger partial charge in [-0.15, -0.1) is 0 Å². The van der Waals surface area contributed by atoms with Gasteiger partial charge in [-0.25, -0.2) is 4.98 Å². The number of aromatic nitrogens is 3. The monoisotopic (exact) mass is 451 g/mol. The summed E-state index contributed by atoms with van der Waals surface area (Å²) >= 11 is 0. The predicted octanol–water partition coefficient (Wildman–Crippen LogP) is 3.93. The van der Waals surface area contributed by atoms with Crippen LogP contribution in [0, 0.1) is 12.8 Å². The van der Waals surface area contributed by atoms with Crippen LogP contribution >= 0.6 is 0 Å². The van der Waals surface area contributed by atoms with E-state index in [1.54, 1.807) is 18.7 Å². The van der Waals surface area contributed by atoms with Crippen LogP contribution in [-0.4, -0.2) is 39.9 Å². The van der Waals surface area contributed by atoms with Gasteiger partial charge in [-0.05, 0) is 69.2 Å². The van der Waals surface area contributed by atoms with Crippen LogP contribution in [-0.2, 0) is 34.8 Å². The molecule has 1 fully saturated rings. The van der Waals surface area contributed by atoms with Crippen molar-refractivity contribution < 1.29 is 14.3 Å². The Morgan fingerprint density at radius 2 is 1.97 bits per heavy atom. The minimum Gasteiger partial charge on any atom is -0.462 e. The van der Waals surface area contributed by atoms with Crippen molar-refractivity contribution in [2.24, 2.45) is 20.0 Å². The van der Waals surface area contributed by atoms with Crippen LogP contribution in [0.2, 0.25) is 0 Å². The normalized spacial score (nSPS) is 15.3. The summed E-state index contributed by atoms with van der Waals surface area (Å²) in [6, 6.07) is 8.12. The molecule has 2 aromatic heterocycles. The van der Waals surface area contributed by atoms with Gasteiger partial charge >= 0.3 is 5.97 Å². The Kier molecular flexibility index (Phi) is 6.98. The van der Waals surface area contributed by atoms with Crippen LogP contribution in [0.25, 0.3) is 22.4 Å². The van der Waals surface area contributed by atoms with Gasteiger partial charge in [-0.2, -0.15) is 0 Å². The second-order valence-electron chi connectivity index (χ2n) is 9.18. The van der Waals surface area contributed by atoms with Crippen LogP contribution in [0.5, 0.6) is 0 Å². The van der Waals surface area contributed by atoms with E-state index < -0.39 is 0 Å². The fraction of sp³-hybridized carbons (Fsp3) is 0.500. The number of imidazole rings is 1. The highest BCUT2D eigenvalue weighted by molar-refractivity contribution is 5.81. The maximum absolute atomic E-state index is 12.7. The number of nitrogens with zero attached hydrogens (tertiary/aromatic N) is 3. The van der Waals surface area contributed by atoms with Gasteiger partial charge in [-0.3, -0.25) is 9.59 Å². The number of ether oxygens (including phenoxy) is 2. The lowest BCUT2D eigenvalue weighted by molar-refractivity contribution is -0.155.